The van der Waals surface area contributed by atoms with Crippen LogP contribution in [-0.2, 0) is 13.0 Å². The summed E-state index contributed by atoms with van der Waals surface area (Å²) in [7, 11) is 0. The number of aryl methyl sites for hydroxylation is 2. The monoisotopic (exact) mass is 227 g/mol. The first-order valence-electron chi connectivity index (χ1n) is 6.61. The summed E-state index contributed by atoms with van der Waals surface area (Å²) in [6.07, 6.45) is 3.68. The third-order valence-electron chi connectivity index (χ3n) is 4.17. The Hall–Kier alpha value is -1.35. The maximum Gasteiger partial charge on any atom is 0.109 e. The molecule has 0 amide bonds. The topological polar surface area (TPSA) is 29.9 Å². The number of aromatic nitrogens is 2. The van der Waals surface area contributed by atoms with Crippen molar-refractivity contribution in [2.24, 2.45) is 0 Å². The molecular weight excluding hydrogens is 210 g/mol. The summed E-state index contributed by atoms with van der Waals surface area (Å²) in [5.74, 6) is 1.98. The van der Waals surface area contributed by atoms with Gasteiger partial charge in [-0.2, -0.15) is 0 Å². The van der Waals surface area contributed by atoms with Gasteiger partial charge in [-0.15, -0.1) is 0 Å². The van der Waals surface area contributed by atoms with Crippen LogP contribution in [0.4, 0.5) is 0 Å². The fraction of sp³-hybridized carbons (Fsp3) is 0.500. The Kier molecular flexibility index (Phi) is 2.03. The molecule has 3 nitrogen and oxygen atoms in total. The molecule has 0 radical (unpaired) electrons. The molecule has 0 bridgehead atoms. The molecule has 1 N–H and O–H groups in total. The number of hydrogen-bond acceptors (Lipinski definition) is 2. The zero-order chi connectivity index (χ0) is 11.2. The lowest BCUT2D eigenvalue weighted by Gasteiger charge is -2.09. The molecule has 1 aromatic carbocycles. The van der Waals surface area contributed by atoms with Crippen LogP contribution in [0.1, 0.15) is 30.1 Å². The predicted molar refractivity (Wildman–Crippen MR) is 68.3 cm³/mol. The first-order chi connectivity index (χ1) is 8.42. The van der Waals surface area contributed by atoms with Gasteiger partial charge in [-0.05, 0) is 43.0 Å². The highest BCUT2D eigenvalue weighted by Gasteiger charge is 2.20. The lowest BCUT2D eigenvalue weighted by Crippen LogP contribution is -2.08. The third kappa shape index (κ3) is 1.42. The molecule has 2 aliphatic rings. The smallest absolute Gasteiger partial charge is 0.109 e. The van der Waals surface area contributed by atoms with Crippen molar-refractivity contribution in [1.29, 1.82) is 0 Å². The number of rotatable bonds is 1. The quantitative estimate of drug-likeness (QED) is 0.808. The Labute approximate surface area is 101 Å². The van der Waals surface area contributed by atoms with E-state index in [1.807, 2.05) is 0 Å². The first kappa shape index (κ1) is 9.66. The van der Waals surface area contributed by atoms with E-state index in [-0.39, 0.29) is 0 Å². The van der Waals surface area contributed by atoms with E-state index >= 15 is 0 Å². The number of fused-ring (bicyclic) bond motifs is 3. The van der Waals surface area contributed by atoms with E-state index in [4.69, 9.17) is 4.98 Å². The number of benzene rings is 1. The number of imidazole rings is 1. The molecule has 0 saturated carbocycles. The maximum absolute atomic E-state index is 4.71. The highest BCUT2D eigenvalue weighted by atomic mass is 15.1. The van der Waals surface area contributed by atoms with E-state index in [0.717, 1.165) is 26.1 Å². The number of nitrogens with zero attached hydrogens (tertiary/aromatic N) is 2. The highest BCUT2D eigenvalue weighted by molar-refractivity contribution is 5.77. The Morgan fingerprint density at radius 2 is 2.35 bits per heavy atom. The average molecular weight is 227 g/mol. The number of nitrogens with one attached hydrogen (secondary N) is 1. The largest absolute Gasteiger partial charge is 0.328 e. The Morgan fingerprint density at radius 3 is 3.24 bits per heavy atom. The lowest BCUT2D eigenvalue weighted by atomic mass is 9.98. The van der Waals surface area contributed by atoms with E-state index in [9.17, 15) is 0 Å². The Morgan fingerprint density at radius 1 is 1.35 bits per heavy atom. The van der Waals surface area contributed by atoms with Gasteiger partial charge in [0.05, 0.1) is 11.0 Å². The van der Waals surface area contributed by atoms with E-state index < -0.39 is 0 Å². The summed E-state index contributed by atoms with van der Waals surface area (Å²) in [6.45, 7) is 3.44. The van der Waals surface area contributed by atoms with Gasteiger partial charge in [-0.3, -0.25) is 0 Å². The van der Waals surface area contributed by atoms with Crippen molar-refractivity contribution in [3.05, 3.63) is 29.6 Å². The van der Waals surface area contributed by atoms with Crippen LogP contribution in [0.5, 0.6) is 0 Å². The maximum atomic E-state index is 4.71. The fourth-order valence-corrected chi connectivity index (χ4v) is 3.22. The second-order valence-electron chi connectivity index (χ2n) is 5.22. The van der Waals surface area contributed by atoms with Crippen LogP contribution in [0.3, 0.4) is 0 Å². The lowest BCUT2D eigenvalue weighted by molar-refractivity contribution is 0.756. The van der Waals surface area contributed by atoms with E-state index in [2.05, 4.69) is 28.1 Å². The van der Waals surface area contributed by atoms with Gasteiger partial charge in [0.15, 0.2) is 0 Å². The second kappa shape index (κ2) is 3.57. The van der Waals surface area contributed by atoms with E-state index in [1.165, 1.54) is 35.3 Å². The number of hydrogen-bond donors (Lipinski definition) is 1. The van der Waals surface area contributed by atoms with Crippen LogP contribution in [0.2, 0.25) is 0 Å². The summed E-state index contributed by atoms with van der Waals surface area (Å²) in [6, 6.07) is 6.84. The van der Waals surface area contributed by atoms with Gasteiger partial charge in [0.1, 0.15) is 5.82 Å². The first-order valence-corrected chi connectivity index (χ1v) is 6.61. The Bertz CT molecular complexity index is 564. The standard InChI is InChI=1S/C14H17N3/c1-2-14-16-12-4-3-10(11-5-6-15-9-11)8-13(12)17(14)7-1/h3-4,8,11,15H,1-2,5-7,9H2. The molecular formula is C14H17N3. The van der Waals surface area contributed by atoms with Crippen LogP contribution in [0, 0.1) is 0 Å². The van der Waals surface area contributed by atoms with Gasteiger partial charge in [0.2, 0.25) is 0 Å². The van der Waals surface area contributed by atoms with Crippen molar-refractivity contribution < 1.29 is 0 Å². The minimum atomic E-state index is 0.701. The van der Waals surface area contributed by atoms with Crippen molar-refractivity contribution in [2.45, 2.75) is 31.7 Å². The van der Waals surface area contributed by atoms with Crippen LogP contribution >= 0.6 is 0 Å². The van der Waals surface area contributed by atoms with Crippen molar-refractivity contribution in [2.75, 3.05) is 13.1 Å². The van der Waals surface area contributed by atoms with Crippen LogP contribution < -0.4 is 5.32 Å². The molecule has 3 heteroatoms. The van der Waals surface area contributed by atoms with E-state index in [0.29, 0.717) is 5.92 Å². The molecule has 0 spiro atoms. The molecule has 4 rings (SSSR count). The van der Waals surface area contributed by atoms with Gasteiger partial charge in [-0.1, -0.05) is 6.07 Å². The molecule has 1 fully saturated rings. The van der Waals surface area contributed by atoms with E-state index in [1.54, 1.807) is 0 Å². The van der Waals surface area contributed by atoms with Gasteiger partial charge >= 0.3 is 0 Å². The summed E-state index contributed by atoms with van der Waals surface area (Å²) in [5, 5.41) is 3.44. The molecule has 1 atom stereocenters. The average Bonchev–Trinajstić information content (AvgIpc) is 3.05. The molecule has 17 heavy (non-hydrogen) atoms. The van der Waals surface area contributed by atoms with Gasteiger partial charge in [0, 0.05) is 19.5 Å². The van der Waals surface area contributed by atoms with Crippen LogP contribution in [0.25, 0.3) is 11.0 Å². The predicted octanol–water partition coefficient (Wildman–Crippen LogP) is 2.06. The SMILES string of the molecule is c1cc2nc3n(c2cc1C1CCNC1)CCC3. The highest BCUT2D eigenvalue weighted by Crippen LogP contribution is 2.28. The summed E-state index contributed by atoms with van der Waals surface area (Å²) in [5.41, 5.74) is 4.01. The molecule has 1 unspecified atom stereocenters. The fourth-order valence-electron chi connectivity index (χ4n) is 3.22. The zero-order valence-electron chi connectivity index (χ0n) is 9.95. The molecule has 88 valence electrons. The summed E-state index contributed by atoms with van der Waals surface area (Å²) < 4.78 is 2.40. The summed E-state index contributed by atoms with van der Waals surface area (Å²) in [4.78, 5) is 4.71. The molecule has 2 aliphatic heterocycles. The van der Waals surface area contributed by atoms with Crippen molar-refractivity contribution in [3.8, 4) is 0 Å². The second-order valence-corrected chi connectivity index (χ2v) is 5.22. The minimum Gasteiger partial charge on any atom is -0.328 e. The zero-order valence-corrected chi connectivity index (χ0v) is 9.95. The van der Waals surface area contributed by atoms with Gasteiger partial charge in [-0.25, -0.2) is 4.98 Å². The van der Waals surface area contributed by atoms with Crippen molar-refractivity contribution in [3.63, 3.8) is 0 Å². The van der Waals surface area contributed by atoms with Crippen molar-refractivity contribution >= 4 is 11.0 Å². The third-order valence-corrected chi connectivity index (χ3v) is 4.17. The Balaban J connectivity index is 1.84. The van der Waals surface area contributed by atoms with Gasteiger partial charge < -0.3 is 9.88 Å². The van der Waals surface area contributed by atoms with Crippen molar-refractivity contribution in [1.82, 2.24) is 14.9 Å². The molecule has 2 aromatic rings. The normalized spacial score (nSPS) is 23.4. The minimum absolute atomic E-state index is 0.701. The molecule has 1 aromatic heterocycles. The van der Waals surface area contributed by atoms with Crippen LogP contribution in [0.15, 0.2) is 18.2 Å². The molecule has 3 heterocycles. The van der Waals surface area contributed by atoms with Gasteiger partial charge in [0.25, 0.3) is 0 Å². The van der Waals surface area contributed by atoms with Crippen LogP contribution in [-0.4, -0.2) is 22.6 Å². The molecule has 0 aliphatic carbocycles. The summed E-state index contributed by atoms with van der Waals surface area (Å²) >= 11 is 0. The molecule has 1 saturated heterocycles.